The fourth-order valence-electron chi connectivity index (χ4n) is 9.55. The van der Waals surface area contributed by atoms with Crippen molar-refractivity contribution in [3.05, 3.63) is 145 Å². The monoisotopic (exact) mass is 788 g/mol. The Balaban J connectivity index is 1.44. The van der Waals surface area contributed by atoms with E-state index in [1.807, 2.05) is 93.6 Å². The number of benzene rings is 7. The van der Waals surface area contributed by atoms with Gasteiger partial charge < -0.3 is 27.9 Å². The molecule has 294 valence electrons. The van der Waals surface area contributed by atoms with Crippen molar-refractivity contribution in [2.24, 2.45) is 0 Å². The van der Waals surface area contributed by atoms with Crippen molar-refractivity contribution in [3.63, 3.8) is 0 Å². The number of para-hydroxylation sites is 3. The Morgan fingerprint density at radius 3 is 1.23 bits per heavy atom. The predicted molar refractivity (Wildman–Crippen MR) is 239 cm³/mol. The third-order valence-electron chi connectivity index (χ3n) is 12.1. The van der Waals surface area contributed by atoms with Crippen LogP contribution in [0.4, 0.5) is 0 Å². The van der Waals surface area contributed by atoms with Gasteiger partial charge in [0, 0.05) is 37.9 Å². The van der Waals surface area contributed by atoms with Crippen molar-refractivity contribution < 1.29 is 23.8 Å². The molecule has 1 aliphatic heterocycles. The molecule has 0 N–H and O–H groups in total. The summed E-state index contributed by atoms with van der Waals surface area (Å²) in [5.74, 6) is 1.49. The minimum absolute atomic E-state index is 0.338. The van der Waals surface area contributed by atoms with Gasteiger partial charge in [-0.05, 0) is 99.6 Å². The molecule has 3 aromatic heterocycles. The third kappa shape index (κ3) is 4.80. The van der Waals surface area contributed by atoms with E-state index in [0.717, 1.165) is 88.3 Å². The lowest BCUT2D eigenvalue weighted by Crippen LogP contribution is -2.45. The van der Waals surface area contributed by atoms with Crippen LogP contribution in [-0.4, -0.2) is 57.3 Å². The smallest absolute Gasteiger partial charge is 0.264 e. The molecule has 2 amide bonds. The van der Waals surface area contributed by atoms with Gasteiger partial charge in [0.15, 0.2) is 0 Å². The van der Waals surface area contributed by atoms with Crippen LogP contribution in [0.3, 0.4) is 0 Å². The van der Waals surface area contributed by atoms with Gasteiger partial charge in [0.2, 0.25) is 0 Å². The molecular formula is C51H40N4O5. The average Bonchev–Trinajstić information content (AvgIpc) is 3.96. The van der Waals surface area contributed by atoms with Gasteiger partial charge in [-0.25, -0.2) is 0 Å². The quantitative estimate of drug-likeness (QED) is 0.157. The standard InChI is InChI=1S/C51H40N4O5/c1-51(2,3)55-49(56)38-28-45(52-39-16-10-7-13-32(39)35-25-29(58-4)19-22-42(35)52)47(53-40-17-11-8-14-33(40)36-26-30(59-5)20-23-43(36)53)48(46(38)50(55)57)54-41-18-12-9-15-34(41)37-27-31(60-6)21-24-44(37)54/h7-28H,1-6H3. The van der Waals surface area contributed by atoms with Crippen LogP contribution in [-0.2, 0) is 0 Å². The highest BCUT2D eigenvalue weighted by Gasteiger charge is 2.46. The third-order valence-corrected chi connectivity index (χ3v) is 12.1. The van der Waals surface area contributed by atoms with Crippen molar-refractivity contribution in [3.8, 4) is 34.3 Å². The van der Waals surface area contributed by atoms with E-state index in [1.165, 1.54) is 4.90 Å². The van der Waals surface area contributed by atoms with E-state index >= 15 is 9.59 Å². The predicted octanol–water partition coefficient (Wildman–Crippen LogP) is 11.4. The van der Waals surface area contributed by atoms with E-state index < -0.39 is 5.54 Å². The maximum atomic E-state index is 15.4. The van der Waals surface area contributed by atoms with Crippen LogP contribution in [0.5, 0.6) is 17.2 Å². The van der Waals surface area contributed by atoms with Crippen molar-refractivity contribution >= 4 is 77.2 Å². The molecule has 11 rings (SSSR count). The van der Waals surface area contributed by atoms with Crippen molar-refractivity contribution in [1.29, 1.82) is 0 Å². The first kappa shape index (κ1) is 35.6. The number of hydrogen-bond donors (Lipinski definition) is 0. The molecule has 1 aliphatic rings. The van der Waals surface area contributed by atoms with Crippen LogP contribution in [0.25, 0.3) is 82.5 Å². The van der Waals surface area contributed by atoms with E-state index in [9.17, 15) is 0 Å². The number of ether oxygens (including phenoxy) is 3. The summed E-state index contributed by atoms with van der Waals surface area (Å²) in [6.07, 6.45) is 0. The van der Waals surface area contributed by atoms with Gasteiger partial charge in [-0.3, -0.25) is 14.5 Å². The molecule has 60 heavy (non-hydrogen) atoms. The minimum Gasteiger partial charge on any atom is -0.497 e. The van der Waals surface area contributed by atoms with Crippen LogP contribution in [0.15, 0.2) is 133 Å². The molecule has 9 nitrogen and oxygen atoms in total. The van der Waals surface area contributed by atoms with E-state index in [0.29, 0.717) is 22.6 Å². The lowest BCUT2D eigenvalue weighted by molar-refractivity contribution is 0.0508. The highest BCUT2D eigenvalue weighted by molar-refractivity contribution is 6.26. The van der Waals surface area contributed by atoms with E-state index in [1.54, 1.807) is 21.3 Å². The van der Waals surface area contributed by atoms with Crippen molar-refractivity contribution in [2.45, 2.75) is 26.3 Å². The Morgan fingerprint density at radius 1 is 0.417 bits per heavy atom. The summed E-state index contributed by atoms with van der Waals surface area (Å²) in [6, 6.07) is 45.0. The SMILES string of the molecule is COc1ccc2c(c1)c1ccccc1n2-c1cc2c(c(-n3c4ccccc4c4cc(OC)ccc43)c1-n1c3ccccc3c3cc(OC)ccc31)C(=O)N(C(C)(C)C)C2=O. The summed E-state index contributed by atoms with van der Waals surface area (Å²) in [7, 11) is 5.02. The maximum absolute atomic E-state index is 15.4. The molecule has 10 aromatic rings. The molecule has 9 heteroatoms. The van der Waals surface area contributed by atoms with Gasteiger partial charge in [-0.2, -0.15) is 0 Å². The Morgan fingerprint density at radius 2 is 0.800 bits per heavy atom. The van der Waals surface area contributed by atoms with Crippen LogP contribution in [0.2, 0.25) is 0 Å². The number of rotatable bonds is 6. The molecule has 0 aliphatic carbocycles. The summed E-state index contributed by atoms with van der Waals surface area (Å²) in [5.41, 5.74) is 7.37. The molecule has 0 bridgehead atoms. The molecular weight excluding hydrogens is 749 g/mol. The van der Waals surface area contributed by atoms with Crippen molar-refractivity contribution in [1.82, 2.24) is 18.6 Å². The first-order chi connectivity index (χ1) is 29.1. The second-order valence-electron chi connectivity index (χ2n) is 16.3. The average molecular weight is 789 g/mol. The lowest BCUT2D eigenvalue weighted by atomic mass is 10.0. The van der Waals surface area contributed by atoms with Gasteiger partial charge in [0.1, 0.15) is 17.2 Å². The molecule has 4 heterocycles. The first-order valence-electron chi connectivity index (χ1n) is 20.0. The summed E-state index contributed by atoms with van der Waals surface area (Å²) in [6.45, 7) is 5.72. The zero-order valence-corrected chi connectivity index (χ0v) is 34.0. The number of hydrogen-bond acceptors (Lipinski definition) is 5. The van der Waals surface area contributed by atoms with Crippen LogP contribution in [0.1, 0.15) is 41.5 Å². The Labute approximate surface area is 345 Å². The summed E-state index contributed by atoms with van der Waals surface area (Å²) >= 11 is 0. The topological polar surface area (TPSA) is 79.9 Å². The zero-order chi connectivity index (χ0) is 41.2. The van der Waals surface area contributed by atoms with Crippen molar-refractivity contribution in [2.75, 3.05) is 21.3 Å². The zero-order valence-electron chi connectivity index (χ0n) is 34.0. The summed E-state index contributed by atoms with van der Waals surface area (Å²) in [4.78, 5) is 31.9. The first-order valence-corrected chi connectivity index (χ1v) is 20.0. The summed E-state index contributed by atoms with van der Waals surface area (Å²) in [5, 5.41) is 5.95. The molecule has 0 radical (unpaired) electrons. The molecule has 0 spiro atoms. The van der Waals surface area contributed by atoms with Gasteiger partial charge in [-0.1, -0.05) is 54.6 Å². The molecule has 0 atom stereocenters. The van der Waals surface area contributed by atoms with Crippen LogP contribution in [0, 0.1) is 0 Å². The minimum atomic E-state index is -0.814. The lowest BCUT2D eigenvalue weighted by Gasteiger charge is -2.29. The highest BCUT2D eigenvalue weighted by atomic mass is 16.5. The Bertz CT molecular complexity index is 3490. The maximum Gasteiger partial charge on any atom is 0.264 e. The second kappa shape index (κ2) is 12.7. The second-order valence-corrected chi connectivity index (χ2v) is 16.3. The largest absolute Gasteiger partial charge is 0.497 e. The number of aromatic nitrogens is 3. The highest BCUT2D eigenvalue weighted by Crippen LogP contribution is 2.48. The Hall–Kier alpha value is -7.52. The van der Waals surface area contributed by atoms with E-state index in [-0.39, 0.29) is 11.8 Å². The van der Waals surface area contributed by atoms with Gasteiger partial charge >= 0.3 is 0 Å². The number of carbonyl (C=O) groups excluding carboxylic acids is 2. The normalized spacial score (nSPS) is 13.2. The number of imide groups is 1. The molecule has 0 saturated heterocycles. The number of amides is 2. The van der Waals surface area contributed by atoms with Crippen LogP contribution >= 0.6 is 0 Å². The van der Waals surface area contributed by atoms with Gasteiger partial charge in [0.05, 0.1) is 82.6 Å². The summed E-state index contributed by atoms with van der Waals surface area (Å²) < 4.78 is 24.0. The molecule has 0 unspecified atom stereocenters. The number of carbonyl (C=O) groups is 2. The molecule has 7 aromatic carbocycles. The van der Waals surface area contributed by atoms with E-state index in [4.69, 9.17) is 14.2 Å². The van der Waals surface area contributed by atoms with Gasteiger partial charge in [-0.15, -0.1) is 0 Å². The Kier molecular flexibility index (Phi) is 7.56. The molecule has 0 saturated carbocycles. The fraction of sp³-hybridized carbons (Fsp3) is 0.137. The van der Waals surface area contributed by atoms with Gasteiger partial charge in [0.25, 0.3) is 11.8 Å². The fourth-order valence-corrected chi connectivity index (χ4v) is 9.55. The van der Waals surface area contributed by atoms with Crippen LogP contribution < -0.4 is 14.2 Å². The number of fused-ring (bicyclic) bond motifs is 10. The number of methoxy groups -OCH3 is 3. The molecule has 0 fully saturated rings. The number of nitrogens with zero attached hydrogens (tertiary/aromatic N) is 4. The van der Waals surface area contributed by atoms with E-state index in [2.05, 4.69) is 74.4 Å².